The van der Waals surface area contributed by atoms with Crippen molar-refractivity contribution in [1.29, 1.82) is 0 Å². The van der Waals surface area contributed by atoms with E-state index in [1.165, 1.54) is 24.1 Å². The van der Waals surface area contributed by atoms with Crippen molar-refractivity contribution < 1.29 is 4.74 Å². The number of hydrogen-bond acceptors (Lipinski definition) is 3. The van der Waals surface area contributed by atoms with Crippen molar-refractivity contribution in [2.75, 3.05) is 25.1 Å². The summed E-state index contributed by atoms with van der Waals surface area (Å²) in [5.74, 6) is 0.964. The van der Waals surface area contributed by atoms with E-state index in [1.807, 2.05) is 12.1 Å². The Kier molecular flexibility index (Phi) is 5.07. The minimum Gasteiger partial charge on any atom is -0.496 e. The lowest BCUT2D eigenvalue weighted by Crippen LogP contribution is -2.29. The maximum Gasteiger partial charge on any atom is 0.125 e. The molecule has 0 radical (unpaired) electrons. The highest BCUT2D eigenvalue weighted by molar-refractivity contribution is 5.62. The molecule has 1 N–H and O–H groups in total. The summed E-state index contributed by atoms with van der Waals surface area (Å²) >= 11 is 0. The number of nitrogens with zero attached hydrogens (tertiary/aromatic N) is 1. The van der Waals surface area contributed by atoms with Gasteiger partial charge in [0, 0.05) is 29.9 Å². The fourth-order valence-electron chi connectivity index (χ4n) is 2.77. The molecule has 0 aromatic heterocycles. The SMILES string of the molecule is C=CCN(c1cccc(OC)c1C(C)NCC)C1CC1. The van der Waals surface area contributed by atoms with Crippen LogP contribution in [-0.4, -0.2) is 26.2 Å². The van der Waals surface area contributed by atoms with Gasteiger partial charge in [0.25, 0.3) is 0 Å². The molecule has 1 saturated carbocycles. The molecule has 2 rings (SSSR count). The molecule has 1 aromatic rings. The monoisotopic (exact) mass is 274 g/mol. The van der Waals surface area contributed by atoms with Gasteiger partial charge in [0.2, 0.25) is 0 Å². The van der Waals surface area contributed by atoms with E-state index in [1.54, 1.807) is 7.11 Å². The van der Waals surface area contributed by atoms with Crippen LogP contribution in [0.2, 0.25) is 0 Å². The van der Waals surface area contributed by atoms with Crippen LogP contribution < -0.4 is 15.0 Å². The van der Waals surface area contributed by atoms with Crippen molar-refractivity contribution in [3.05, 3.63) is 36.4 Å². The molecule has 1 aliphatic carbocycles. The Balaban J connectivity index is 2.41. The molecule has 1 aromatic carbocycles. The highest BCUT2D eigenvalue weighted by Crippen LogP contribution is 2.39. The molecule has 1 fully saturated rings. The molecule has 1 unspecified atom stereocenters. The van der Waals surface area contributed by atoms with Gasteiger partial charge in [-0.3, -0.25) is 0 Å². The third kappa shape index (κ3) is 3.15. The van der Waals surface area contributed by atoms with Gasteiger partial charge in [0.05, 0.1) is 7.11 Å². The van der Waals surface area contributed by atoms with Gasteiger partial charge in [-0.1, -0.05) is 19.1 Å². The Hall–Kier alpha value is -1.48. The van der Waals surface area contributed by atoms with E-state index in [2.05, 4.69) is 42.8 Å². The average Bonchev–Trinajstić information content (AvgIpc) is 3.28. The Morgan fingerprint density at radius 2 is 2.25 bits per heavy atom. The zero-order chi connectivity index (χ0) is 14.5. The molecule has 3 nitrogen and oxygen atoms in total. The molecule has 0 spiro atoms. The first kappa shape index (κ1) is 14.9. The summed E-state index contributed by atoms with van der Waals surface area (Å²) in [5, 5.41) is 3.50. The standard InChI is InChI=1S/C17H26N2O/c1-5-12-19(14-10-11-14)15-8-7-9-16(20-4)17(15)13(3)18-6-2/h5,7-9,13-14,18H,1,6,10-12H2,2-4H3. The number of methoxy groups -OCH3 is 1. The zero-order valence-corrected chi connectivity index (χ0v) is 12.9. The Morgan fingerprint density at radius 1 is 1.50 bits per heavy atom. The maximum absolute atomic E-state index is 5.59. The van der Waals surface area contributed by atoms with Crippen LogP contribution in [0.5, 0.6) is 5.75 Å². The first-order chi connectivity index (χ1) is 9.72. The van der Waals surface area contributed by atoms with Crippen molar-refractivity contribution in [2.45, 2.75) is 38.8 Å². The van der Waals surface area contributed by atoms with Crippen LogP contribution in [0.15, 0.2) is 30.9 Å². The normalized spacial score (nSPS) is 15.8. The highest BCUT2D eigenvalue weighted by atomic mass is 16.5. The third-order valence-electron chi connectivity index (χ3n) is 3.83. The Labute approximate surface area is 122 Å². The van der Waals surface area contributed by atoms with Crippen molar-refractivity contribution >= 4 is 5.69 Å². The Morgan fingerprint density at radius 3 is 2.80 bits per heavy atom. The van der Waals surface area contributed by atoms with Crippen LogP contribution in [0.1, 0.15) is 38.3 Å². The largest absolute Gasteiger partial charge is 0.496 e. The topological polar surface area (TPSA) is 24.5 Å². The van der Waals surface area contributed by atoms with E-state index in [-0.39, 0.29) is 6.04 Å². The average molecular weight is 274 g/mol. The number of hydrogen-bond donors (Lipinski definition) is 1. The number of benzene rings is 1. The van der Waals surface area contributed by atoms with Gasteiger partial charge in [-0.25, -0.2) is 0 Å². The lowest BCUT2D eigenvalue weighted by molar-refractivity contribution is 0.402. The molecule has 0 aliphatic heterocycles. The lowest BCUT2D eigenvalue weighted by atomic mass is 10.0. The van der Waals surface area contributed by atoms with Gasteiger partial charge in [0.1, 0.15) is 5.75 Å². The van der Waals surface area contributed by atoms with Gasteiger partial charge in [-0.05, 0) is 38.4 Å². The summed E-state index contributed by atoms with van der Waals surface area (Å²) in [6.07, 6.45) is 4.54. The minimum atomic E-state index is 0.275. The predicted octanol–water partition coefficient (Wildman–Crippen LogP) is 3.52. The molecular weight excluding hydrogens is 248 g/mol. The molecule has 0 amide bonds. The van der Waals surface area contributed by atoms with Crippen LogP contribution >= 0.6 is 0 Å². The number of nitrogens with one attached hydrogen (secondary N) is 1. The smallest absolute Gasteiger partial charge is 0.125 e. The fourth-order valence-corrected chi connectivity index (χ4v) is 2.77. The molecule has 110 valence electrons. The van der Waals surface area contributed by atoms with E-state index >= 15 is 0 Å². The minimum absolute atomic E-state index is 0.275. The van der Waals surface area contributed by atoms with Crippen molar-refractivity contribution in [3.8, 4) is 5.75 Å². The van der Waals surface area contributed by atoms with Crippen LogP contribution in [0, 0.1) is 0 Å². The van der Waals surface area contributed by atoms with Crippen LogP contribution in [-0.2, 0) is 0 Å². The van der Waals surface area contributed by atoms with Gasteiger partial charge < -0.3 is 15.0 Å². The van der Waals surface area contributed by atoms with Crippen molar-refractivity contribution in [2.24, 2.45) is 0 Å². The number of anilines is 1. The van der Waals surface area contributed by atoms with E-state index < -0.39 is 0 Å². The summed E-state index contributed by atoms with van der Waals surface area (Å²) in [5.41, 5.74) is 2.53. The molecule has 0 saturated heterocycles. The van der Waals surface area contributed by atoms with Gasteiger partial charge in [-0.2, -0.15) is 0 Å². The molecule has 0 bridgehead atoms. The summed E-state index contributed by atoms with van der Waals surface area (Å²) in [6.45, 7) is 10.1. The van der Waals surface area contributed by atoms with E-state index in [0.29, 0.717) is 6.04 Å². The van der Waals surface area contributed by atoms with Crippen LogP contribution in [0.25, 0.3) is 0 Å². The summed E-state index contributed by atoms with van der Waals surface area (Å²) in [4.78, 5) is 2.46. The lowest BCUT2D eigenvalue weighted by Gasteiger charge is -2.29. The zero-order valence-electron chi connectivity index (χ0n) is 12.9. The third-order valence-corrected chi connectivity index (χ3v) is 3.83. The van der Waals surface area contributed by atoms with Gasteiger partial charge in [0.15, 0.2) is 0 Å². The van der Waals surface area contributed by atoms with Gasteiger partial charge in [-0.15, -0.1) is 6.58 Å². The van der Waals surface area contributed by atoms with E-state index in [9.17, 15) is 0 Å². The highest BCUT2D eigenvalue weighted by Gasteiger charge is 2.31. The van der Waals surface area contributed by atoms with Crippen molar-refractivity contribution in [3.63, 3.8) is 0 Å². The van der Waals surface area contributed by atoms with Crippen LogP contribution in [0.3, 0.4) is 0 Å². The Bertz CT molecular complexity index is 454. The fraction of sp³-hybridized carbons (Fsp3) is 0.529. The second kappa shape index (κ2) is 6.80. The molecule has 1 atom stereocenters. The predicted molar refractivity (Wildman–Crippen MR) is 85.7 cm³/mol. The number of ether oxygens (including phenoxy) is 1. The first-order valence-electron chi connectivity index (χ1n) is 7.50. The summed E-state index contributed by atoms with van der Waals surface area (Å²) < 4.78 is 5.59. The second-order valence-corrected chi connectivity index (χ2v) is 5.34. The maximum atomic E-state index is 5.59. The molecule has 3 heteroatoms. The summed E-state index contributed by atoms with van der Waals surface area (Å²) in [6, 6.07) is 7.26. The van der Waals surface area contributed by atoms with Crippen LogP contribution in [0.4, 0.5) is 5.69 Å². The van der Waals surface area contributed by atoms with Crippen molar-refractivity contribution in [1.82, 2.24) is 5.32 Å². The van der Waals surface area contributed by atoms with E-state index in [4.69, 9.17) is 4.74 Å². The first-order valence-corrected chi connectivity index (χ1v) is 7.50. The molecular formula is C17H26N2O. The molecule has 20 heavy (non-hydrogen) atoms. The molecule has 1 aliphatic rings. The molecule has 0 heterocycles. The summed E-state index contributed by atoms with van der Waals surface area (Å²) in [7, 11) is 1.75. The second-order valence-electron chi connectivity index (χ2n) is 5.34. The number of rotatable bonds is 8. The van der Waals surface area contributed by atoms with E-state index in [0.717, 1.165) is 18.8 Å². The quantitative estimate of drug-likeness (QED) is 0.734. The van der Waals surface area contributed by atoms with Gasteiger partial charge >= 0.3 is 0 Å².